The van der Waals surface area contributed by atoms with E-state index in [0.717, 1.165) is 12.2 Å². The molecular formula is C9H14ClN3. The molecule has 0 spiro atoms. The molecule has 1 aromatic rings. The number of likely N-dealkylation sites (N-methyl/N-ethyl adjacent to an activating group) is 1. The molecule has 0 saturated heterocycles. The molecule has 0 saturated carbocycles. The Labute approximate surface area is 83.3 Å². The third-order valence-corrected chi connectivity index (χ3v) is 2.15. The van der Waals surface area contributed by atoms with E-state index in [0.29, 0.717) is 17.3 Å². The van der Waals surface area contributed by atoms with Gasteiger partial charge in [-0.15, -0.1) is 0 Å². The van der Waals surface area contributed by atoms with Crippen LogP contribution in [-0.4, -0.2) is 20.1 Å². The summed E-state index contributed by atoms with van der Waals surface area (Å²) in [6.45, 7) is 1.39. The lowest BCUT2D eigenvalue weighted by molar-refractivity contribution is 0.886. The molecule has 0 fully saturated rings. The molecule has 3 nitrogen and oxygen atoms in total. The van der Waals surface area contributed by atoms with Gasteiger partial charge in [-0.3, -0.25) is 0 Å². The van der Waals surface area contributed by atoms with Crippen LogP contribution in [0.4, 0.5) is 11.4 Å². The maximum Gasteiger partial charge on any atom is 0.0659 e. The number of nitrogens with two attached hydrogens (primary N) is 2. The van der Waals surface area contributed by atoms with E-state index in [4.69, 9.17) is 23.1 Å². The van der Waals surface area contributed by atoms with E-state index < -0.39 is 0 Å². The molecule has 0 atom stereocenters. The third-order valence-electron chi connectivity index (χ3n) is 1.85. The highest BCUT2D eigenvalue weighted by molar-refractivity contribution is 6.33. The minimum atomic E-state index is 0.608. The highest BCUT2D eigenvalue weighted by Gasteiger charge is 2.04. The van der Waals surface area contributed by atoms with Crippen LogP contribution in [0.25, 0.3) is 0 Å². The monoisotopic (exact) mass is 199 g/mol. The van der Waals surface area contributed by atoms with Gasteiger partial charge in [0, 0.05) is 25.8 Å². The summed E-state index contributed by atoms with van der Waals surface area (Å²) in [5.74, 6) is 0. The molecule has 0 aliphatic rings. The number of nitrogen functional groups attached to an aromatic ring is 1. The van der Waals surface area contributed by atoms with Crippen LogP contribution in [0.15, 0.2) is 18.2 Å². The molecule has 13 heavy (non-hydrogen) atoms. The summed E-state index contributed by atoms with van der Waals surface area (Å²) in [5, 5.41) is 0.663. The molecule has 0 aliphatic carbocycles. The van der Waals surface area contributed by atoms with E-state index in [1.54, 1.807) is 6.07 Å². The predicted octanol–water partition coefficient (Wildman–Crippen LogP) is 1.32. The largest absolute Gasteiger partial charge is 0.399 e. The number of halogens is 1. The maximum absolute atomic E-state index is 6.00. The van der Waals surface area contributed by atoms with Crippen LogP contribution in [0.2, 0.25) is 5.02 Å². The van der Waals surface area contributed by atoms with E-state index in [1.807, 2.05) is 24.1 Å². The summed E-state index contributed by atoms with van der Waals surface area (Å²) in [4.78, 5) is 2.00. The van der Waals surface area contributed by atoms with E-state index in [-0.39, 0.29) is 0 Å². The number of hydrogen-bond donors (Lipinski definition) is 2. The number of benzene rings is 1. The van der Waals surface area contributed by atoms with Gasteiger partial charge in [-0.2, -0.15) is 0 Å². The third kappa shape index (κ3) is 2.50. The molecule has 72 valence electrons. The number of nitrogens with zero attached hydrogens (tertiary/aromatic N) is 1. The van der Waals surface area contributed by atoms with Crippen LogP contribution >= 0.6 is 11.6 Å². The summed E-state index contributed by atoms with van der Waals surface area (Å²) >= 11 is 6.00. The van der Waals surface area contributed by atoms with Gasteiger partial charge in [-0.1, -0.05) is 11.6 Å². The Kier molecular flexibility index (Phi) is 3.39. The number of anilines is 2. The Balaban J connectivity index is 2.88. The first-order valence-electron chi connectivity index (χ1n) is 4.11. The zero-order valence-corrected chi connectivity index (χ0v) is 8.38. The van der Waals surface area contributed by atoms with Crippen molar-refractivity contribution in [3.8, 4) is 0 Å². The quantitative estimate of drug-likeness (QED) is 0.722. The van der Waals surface area contributed by atoms with Gasteiger partial charge in [0.1, 0.15) is 0 Å². The highest BCUT2D eigenvalue weighted by Crippen LogP contribution is 2.26. The van der Waals surface area contributed by atoms with Crippen LogP contribution in [-0.2, 0) is 0 Å². The Hall–Kier alpha value is -0.930. The van der Waals surface area contributed by atoms with Gasteiger partial charge in [-0.05, 0) is 18.2 Å². The summed E-state index contributed by atoms with van der Waals surface area (Å²) in [6, 6.07) is 5.46. The molecule has 0 bridgehead atoms. The number of rotatable bonds is 3. The van der Waals surface area contributed by atoms with Crippen molar-refractivity contribution >= 4 is 23.0 Å². The average molecular weight is 200 g/mol. The Morgan fingerprint density at radius 1 is 1.46 bits per heavy atom. The van der Waals surface area contributed by atoms with E-state index in [9.17, 15) is 0 Å². The minimum Gasteiger partial charge on any atom is -0.399 e. The molecule has 0 radical (unpaired) electrons. The van der Waals surface area contributed by atoms with Crippen LogP contribution in [0.1, 0.15) is 0 Å². The standard InChI is InChI=1S/C9H14ClN3/c1-13(5-4-11)9-3-2-7(12)6-8(9)10/h2-3,6H,4-5,11-12H2,1H3. The molecule has 1 rings (SSSR count). The zero-order valence-electron chi connectivity index (χ0n) is 7.63. The Morgan fingerprint density at radius 3 is 2.69 bits per heavy atom. The van der Waals surface area contributed by atoms with Crippen LogP contribution in [0, 0.1) is 0 Å². The van der Waals surface area contributed by atoms with Gasteiger partial charge >= 0.3 is 0 Å². The lowest BCUT2D eigenvalue weighted by atomic mass is 10.2. The Bertz CT molecular complexity index is 288. The number of hydrogen-bond acceptors (Lipinski definition) is 3. The van der Waals surface area contributed by atoms with E-state index in [2.05, 4.69) is 0 Å². The molecule has 0 unspecified atom stereocenters. The minimum absolute atomic E-state index is 0.608. The summed E-state index contributed by atoms with van der Waals surface area (Å²) in [5.41, 5.74) is 12.6. The predicted molar refractivity (Wildman–Crippen MR) is 58.2 cm³/mol. The van der Waals surface area contributed by atoms with Crippen molar-refractivity contribution in [2.24, 2.45) is 5.73 Å². The molecule has 4 N–H and O–H groups in total. The first-order valence-corrected chi connectivity index (χ1v) is 4.49. The fourth-order valence-corrected chi connectivity index (χ4v) is 1.48. The maximum atomic E-state index is 6.00. The molecule has 4 heteroatoms. The van der Waals surface area contributed by atoms with Gasteiger partial charge in [0.15, 0.2) is 0 Å². The zero-order chi connectivity index (χ0) is 9.84. The Morgan fingerprint density at radius 2 is 2.15 bits per heavy atom. The SMILES string of the molecule is CN(CCN)c1ccc(N)cc1Cl. The second-order valence-corrected chi connectivity index (χ2v) is 3.33. The fraction of sp³-hybridized carbons (Fsp3) is 0.333. The molecule has 1 aromatic carbocycles. The van der Waals surface area contributed by atoms with Gasteiger partial charge in [0.2, 0.25) is 0 Å². The summed E-state index contributed by atoms with van der Waals surface area (Å²) in [7, 11) is 1.95. The molecule has 0 aliphatic heterocycles. The second kappa shape index (κ2) is 4.35. The van der Waals surface area contributed by atoms with Crippen molar-refractivity contribution in [3.63, 3.8) is 0 Å². The van der Waals surface area contributed by atoms with Crippen LogP contribution < -0.4 is 16.4 Å². The normalized spacial score (nSPS) is 10.1. The van der Waals surface area contributed by atoms with Gasteiger partial charge in [-0.25, -0.2) is 0 Å². The fourth-order valence-electron chi connectivity index (χ4n) is 1.15. The van der Waals surface area contributed by atoms with Gasteiger partial charge in [0.05, 0.1) is 10.7 Å². The van der Waals surface area contributed by atoms with Crippen molar-refractivity contribution < 1.29 is 0 Å². The summed E-state index contributed by atoms with van der Waals surface area (Å²) in [6.07, 6.45) is 0. The second-order valence-electron chi connectivity index (χ2n) is 2.92. The van der Waals surface area contributed by atoms with Crippen LogP contribution in [0.3, 0.4) is 0 Å². The lowest BCUT2D eigenvalue weighted by Crippen LogP contribution is -2.25. The summed E-state index contributed by atoms with van der Waals surface area (Å²) < 4.78 is 0. The van der Waals surface area contributed by atoms with Crippen molar-refractivity contribution in [3.05, 3.63) is 23.2 Å². The first kappa shape index (κ1) is 10.2. The highest BCUT2D eigenvalue weighted by atomic mass is 35.5. The van der Waals surface area contributed by atoms with Crippen molar-refractivity contribution in [2.75, 3.05) is 30.8 Å². The lowest BCUT2D eigenvalue weighted by Gasteiger charge is -2.19. The average Bonchev–Trinajstić information content (AvgIpc) is 2.04. The first-order chi connectivity index (χ1) is 6.15. The van der Waals surface area contributed by atoms with Crippen LogP contribution in [0.5, 0.6) is 0 Å². The van der Waals surface area contributed by atoms with Gasteiger partial charge < -0.3 is 16.4 Å². The van der Waals surface area contributed by atoms with Crippen molar-refractivity contribution in [1.82, 2.24) is 0 Å². The van der Waals surface area contributed by atoms with E-state index >= 15 is 0 Å². The molecular weight excluding hydrogens is 186 g/mol. The molecule has 0 aromatic heterocycles. The van der Waals surface area contributed by atoms with E-state index in [1.165, 1.54) is 0 Å². The van der Waals surface area contributed by atoms with Crippen molar-refractivity contribution in [1.29, 1.82) is 0 Å². The van der Waals surface area contributed by atoms with Gasteiger partial charge in [0.25, 0.3) is 0 Å². The topological polar surface area (TPSA) is 55.3 Å². The smallest absolute Gasteiger partial charge is 0.0659 e. The van der Waals surface area contributed by atoms with Crippen molar-refractivity contribution in [2.45, 2.75) is 0 Å². The molecule has 0 amide bonds. The molecule has 0 heterocycles.